The molecule has 0 heterocycles. The number of halogens is 2. The van der Waals surface area contributed by atoms with Gasteiger partial charge in [-0.05, 0) is 41.0 Å². The molecule has 2 aliphatic carbocycles. The monoisotopic (exact) mass is 472 g/mol. The number of ether oxygens (including phenoxy) is 1. The SMILES string of the molecule is CC(CNC(=O)OCC1c2ccccc2-c2ccccc21)C(=O)NC(C1CC1)C(F)(F)C(=O)O. The van der Waals surface area contributed by atoms with Crippen molar-refractivity contribution in [3.63, 3.8) is 0 Å². The second-order valence-electron chi connectivity index (χ2n) is 8.86. The van der Waals surface area contributed by atoms with Crippen LogP contribution in [-0.2, 0) is 14.3 Å². The third-order valence-corrected chi connectivity index (χ3v) is 6.41. The number of hydrogen-bond acceptors (Lipinski definition) is 4. The van der Waals surface area contributed by atoms with Gasteiger partial charge in [0, 0.05) is 12.5 Å². The number of aliphatic carboxylic acids is 1. The second kappa shape index (κ2) is 9.40. The number of benzene rings is 2. The standard InChI is InChI=1S/C25H26F2N2O5/c1-14(22(30)29-21(15-10-11-15)25(26,27)23(31)32)12-28-24(33)34-13-20-18-8-4-2-6-16(18)17-7-3-5-9-19(17)20/h2-9,14-15,20-21H,10-13H2,1H3,(H,28,33)(H,29,30)(H,31,32). The molecule has 9 heteroatoms. The van der Waals surface area contributed by atoms with Gasteiger partial charge < -0.3 is 20.5 Å². The van der Waals surface area contributed by atoms with E-state index >= 15 is 0 Å². The van der Waals surface area contributed by atoms with E-state index in [1.807, 2.05) is 48.5 Å². The van der Waals surface area contributed by atoms with Crippen LogP contribution in [0.5, 0.6) is 0 Å². The molecule has 2 aliphatic rings. The minimum Gasteiger partial charge on any atom is -0.477 e. The molecule has 0 radical (unpaired) electrons. The van der Waals surface area contributed by atoms with Crippen LogP contribution < -0.4 is 10.6 Å². The van der Waals surface area contributed by atoms with E-state index in [-0.39, 0.29) is 19.1 Å². The summed E-state index contributed by atoms with van der Waals surface area (Å²) in [6, 6.07) is 14.1. The maximum absolute atomic E-state index is 14.0. The van der Waals surface area contributed by atoms with Crippen LogP contribution >= 0.6 is 0 Å². The van der Waals surface area contributed by atoms with E-state index < -0.39 is 41.8 Å². The van der Waals surface area contributed by atoms with E-state index in [0.29, 0.717) is 12.8 Å². The quantitative estimate of drug-likeness (QED) is 0.515. The van der Waals surface area contributed by atoms with Gasteiger partial charge in [0.05, 0.1) is 5.92 Å². The molecule has 1 fully saturated rings. The highest BCUT2D eigenvalue weighted by molar-refractivity contribution is 5.82. The number of hydrogen-bond donors (Lipinski definition) is 3. The highest BCUT2D eigenvalue weighted by Crippen LogP contribution is 2.44. The lowest BCUT2D eigenvalue weighted by Crippen LogP contribution is -2.55. The summed E-state index contributed by atoms with van der Waals surface area (Å²) in [5, 5.41) is 13.5. The first kappa shape index (κ1) is 23.7. The Labute approximate surface area is 195 Å². The van der Waals surface area contributed by atoms with E-state index in [9.17, 15) is 23.2 Å². The predicted octanol–water partition coefficient (Wildman–Crippen LogP) is 3.78. The number of nitrogens with one attached hydrogen (secondary N) is 2. The van der Waals surface area contributed by atoms with Crippen LogP contribution in [0.2, 0.25) is 0 Å². The van der Waals surface area contributed by atoms with Crippen LogP contribution in [0.4, 0.5) is 13.6 Å². The topological polar surface area (TPSA) is 105 Å². The first-order valence-corrected chi connectivity index (χ1v) is 11.2. The van der Waals surface area contributed by atoms with Gasteiger partial charge in [0.15, 0.2) is 0 Å². The first-order chi connectivity index (χ1) is 16.2. The molecule has 4 rings (SSSR count). The first-order valence-electron chi connectivity index (χ1n) is 11.2. The van der Waals surface area contributed by atoms with Gasteiger partial charge >= 0.3 is 18.0 Å². The summed E-state index contributed by atoms with van der Waals surface area (Å²) >= 11 is 0. The minimum atomic E-state index is -4.06. The maximum Gasteiger partial charge on any atom is 0.407 e. The molecule has 0 aliphatic heterocycles. The molecule has 2 aromatic rings. The predicted molar refractivity (Wildman–Crippen MR) is 119 cm³/mol. The fourth-order valence-electron chi connectivity index (χ4n) is 4.34. The molecular formula is C25H26F2N2O5. The summed E-state index contributed by atoms with van der Waals surface area (Å²) < 4.78 is 33.4. The normalized spacial score (nSPS) is 16.7. The molecule has 7 nitrogen and oxygen atoms in total. The summed E-state index contributed by atoms with van der Waals surface area (Å²) in [6.45, 7) is 1.43. The Balaban J connectivity index is 1.30. The van der Waals surface area contributed by atoms with Gasteiger partial charge in [-0.2, -0.15) is 8.78 Å². The Morgan fingerprint density at radius 2 is 1.62 bits per heavy atom. The number of carboxylic acid groups (broad SMARTS) is 1. The number of fused-ring (bicyclic) bond motifs is 3. The van der Waals surface area contributed by atoms with E-state index in [1.54, 1.807) is 0 Å². The Morgan fingerprint density at radius 3 is 2.15 bits per heavy atom. The fraction of sp³-hybridized carbons (Fsp3) is 0.400. The van der Waals surface area contributed by atoms with E-state index in [0.717, 1.165) is 22.3 Å². The molecule has 0 saturated heterocycles. The summed E-state index contributed by atoms with van der Waals surface area (Å²) in [6.07, 6.45) is 0.136. The molecular weight excluding hydrogens is 446 g/mol. The Morgan fingerprint density at radius 1 is 1.06 bits per heavy atom. The third-order valence-electron chi connectivity index (χ3n) is 6.41. The molecule has 34 heavy (non-hydrogen) atoms. The smallest absolute Gasteiger partial charge is 0.407 e. The third kappa shape index (κ3) is 4.73. The van der Waals surface area contributed by atoms with E-state index in [1.165, 1.54) is 6.92 Å². The van der Waals surface area contributed by atoms with Gasteiger partial charge in [-0.3, -0.25) is 4.79 Å². The number of rotatable bonds is 9. The van der Waals surface area contributed by atoms with Crippen molar-refractivity contribution in [3.05, 3.63) is 59.7 Å². The molecule has 0 aromatic heterocycles. The maximum atomic E-state index is 14.0. The Hall–Kier alpha value is -3.49. The number of alkyl carbamates (subject to hydrolysis) is 1. The molecule has 2 atom stereocenters. The largest absolute Gasteiger partial charge is 0.477 e. The minimum absolute atomic E-state index is 0.106. The number of amides is 2. The van der Waals surface area contributed by atoms with Crippen LogP contribution in [0, 0.1) is 11.8 Å². The van der Waals surface area contributed by atoms with Crippen LogP contribution in [0.1, 0.15) is 36.8 Å². The van der Waals surface area contributed by atoms with Crippen molar-refractivity contribution in [1.82, 2.24) is 10.6 Å². The zero-order valence-electron chi connectivity index (χ0n) is 18.6. The summed E-state index contributed by atoms with van der Waals surface area (Å²) in [5.41, 5.74) is 4.33. The zero-order valence-corrected chi connectivity index (χ0v) is 18.6. The van der Waals surface area contributed by atoms with Crippen molar-refractivity contribution in [2.24, 2.45) is 11.8 Å². The van der Waals surface area contributed by atoms with Gasteiger partial charge in [-0.1, -0.05) is 55.5 Å². The van der Waals surface area contributed by atoms with Gasteiger partial charge in [0.25, 0.3) is 0 Å². The molecule has 1 saturated carbocycles. The van der Waals surface area contributed by atoms with Gasteiger partial charge in [-0.25, -0.2) is 9.59 Å². The highest BCUT2D eigenvalue weighted by atomic mass is 19.3. The summed E-state index contributed by atoms with van der Waals surface area (Å²) in [7, 11) is 0. The number of carbonyl (C=O) groups is 3. The van der Waals surface area contributed by atoms with Crippen molar-refractivity contribution in [1.29, 1.82) is 0 Å². The molecule has 2 aromatic carbocycles. The molecule has 2 amide bonds. The Kier molecular flexibility index (Phi) is 6.54. The lowest BCUT2D eigenvalue weighted by molar-refractivity contribution is -0.171. The van der Waals surface area contributed by atoms with Crippen molar-refractivity contribution >= 4 is 18.0 Å². The van der Waals surface area contributed by atoms with Crippen LogP contribution in [0.3, 0.4) is 0 Å². The highest BCUT2D eigenvalue weighted by Gasteiger charge is 2.54. The van der Waals surface area contributed by atoms with Crippen LogP contribution in [0.25, 0.3) is 11.1 Å². The van der Waals surface area contributed by atoms with E-state index in [4.69, 9.17) is 9.84 Å². The summed E-state index contributed by atoms with van der Waals surface area (Å²) in [4.78, 5) is 35.6. The molecule has 2 unspecified atom stereocenters. The van der Waals surface area contributed by atoms with Crippen LogP contribution in [-0.4, -0.2) is 48.2 Å². The van der Waals surface area contributed by atoms with Gasteiger partial charge in [-0.15, -0.1) is 0 Å². The van der Waals surface area contributed by atoms with Crippen molar-refractivity contribution in [3.8, 4) is 11.1 Å². The molecule has 180 valence electrons. The van der Waals surface area contributed by atoms with Crippen molar-refractivity contribution < 1.29 is 33.0 Å². The number of carboxylic acids is 1. The van der Waals surface area contributed by atoms with E-state index in [2.05, 4.69) is 10.6 Å². The lowest BCUT2D eigenvalue weighted by Gasteiger charge is -2.26. The Bertz CT molecular complexity index is 1060. The molecule has 0 spiro atoms. The number of alkyl halides is 2. The van der Waals surface area contributed by atoms with Crippen molar-refractivity contribution in [2.45, 2.75) is 37.6 Å². The van der Waals surface area contributed by atoms with Gasteiger partial charge in [0.1, 0.15) is 12.6 Å². The number of carbonyl (C=O) groups excluding carboxylic acids is 2. The van der Waals surface area contributed by atoms with Crippen LogP contribution in [0.15, 0.2) is 48.5 Å². The molecule has 0 bridgehead atoms. The van der Waals surface area contributed by atoms with Crippen molar-refractivity contribution in [2.75, 3.05) is 13.2 Å². The van der Waals surface area contributed by atoms with Gasteiger partial charge in [0.2, 0.25) is 5.91 Å². The second-order valence-corrected chi connectivity index (χ2v) is 8.86. The fourth-order valence-corrected chi connectivity index (χ4v) is 4.34. The summed E-state index contributed by atoms with van der Waals surface area (Å²) in [5.74, 6) is -8.62. The lowest BCUT2D eigenvalue weighted by atomic mass is 9.98. The molecule has 3 N–H and O–H groups in total. The average Bonchev–Trinajstić information content (AvgIpc) is 3.61. The zero-order chi connectivity index (χ0) is 24.5. The average molecular weight is 472 g/mol.